The summed E-state index contributed by atoms with van der Waals surface area (Å²) in [7, 11) is 0. The number of carbonyl (C=O) groups excluding carboxylic acids is 3. The predicted molar refractivity (Wildman–Crippen MR) is 154 cm³/mol. The maximum absolute atomic E-state index is 13.3. The summed E-state index contributed by atoms with van der Waals surface area (Å²) >= 11 is 0. The second-order valence-corrected chi connectivity index (χ2v) is 9.55. The van der Waals surface area contributed by atoms with Crippen molar-refractivity contribution in [3.05, 3.63) is 71.8 Å². The molecule has 2 aromatic carbocycles. The molecule has 0 aromatic heterocycles. The van der Waals surface area contributed by atoms with E-state index in [9.17, 15) is 34.2 Å². The van der Waals surface area contributed by atoms with Gasteiger partial charge in [-0.25, -0.2) is 4.79 Å². The van der Waals surface area contributed by atoms with Gasteiger partial charge in [0.25, 0.3) is 0 Å². The van der Waals surface area contributed by atoms with Crippen molar-refractivity contribution in [1.29, 1.82) is 0 Å². The average Bonchev–Trinajstić information content (AvgIpc) is 2.94. The van der Waals surface area contributed by atoms with Crippen LogP contribution >= 0.6 is 0 Å². The largest absolute Gasteiger partial charge is 0.481 e. The summed E-state index contributed by atoms with van der Waals surface area (Å²) in [5, 5.41) is 26.2. The summed E-state index contributed by atoms with van der Waals surface area (Å²) in [6, 6.07) is 12.2. The summed E-state index contributed by atoms with van der Waals surface area (Å²) in [5.74, 6) is -5.44. The molecule has 3 amide bonds. The Morgan fingerprint density at radius 3 is 1.74 bits per heavy atom. The van der Waals surface area contributed by atoms with Crippen molar-refractivity contribution >= 4 is 35.6 Å². The number of hydrogen-bond acceptors (Lipinski definition) is 7. The van der Waals surface area contributed by atoms with Gasteiger partial charge in [-0.1, -0.05) is 60.7 Å². The van der Waals surface area contributed by atoms with Gasteiger partial charge in [0.05, 0.1) is 12.5 Å². The smallest absolute Gasteiger partial charge is 0.326 e. The Balaban J connectivity index is 2.16. The molecule has 2 rings (SSSR count). The number of nitrogens with two attached hydrogens (primary N) is 3. The van der Waals surface area contributed by atoms with Crippen LogP contribution in [0.3, 0.4) is 0 Å². The summed E-state index contributed by atoms with van der Waals surface area (Å²) in [6.45, 7) is 0.136. The van der Waals surface area contributed by atoms with Crippen LogP contribution in [-0.4, -0.2) is 76.5 Å². The van der Waals surface area contributed by atoms with Crippen molar-refractivity contribution < 1.29 is 34.2 Å². The molecule has 0 fully saturated rings. The SMILES string of the molecule is NC(N)=NCCCC(NC(=O)C(N)Cc1ccccc1)C(=O)NC(CC(=O)O)C(=O)NC(Cc1ccccc1)C(=O)O. The number of aliphatic carboxylic acids is 2. The van der Waals surface area contributed by atoms with E-state index >= 15 is 0 Å². The van der Waals surface area contributed by atoms with Crippen LogP contribution in [0.1, 0.15) is 30.4 Å². The number of nitrogens with zero attached hydrogens (tertiary/aromatic N) is 1. The maximum atomic E-state index is 13.3. The van der Waals surface area contributed by atoms with Crippen molar-refractivity contribution in [3.8, 4) is 0 Å². The fourth-order valence-corrected chi connectivity index (χ4v) is 3.99. The molecular formula is C28H37N7O7. The first kappa shape index (κ1) is 33.2. The number of aliphatic imine (C=N–C) groups is 1. The lowest BCUT2D eigenvalue weighted by molar-refractivity contribution is -0.143. The number of benzene rings is 2. The maximum Gasteiger partial charge on any atom is 0.326 e. The fourth-order valence-electron chi connectivity index (χ4n) is 3.99. The Labute approximate surface area is 242 Å². The average molecular weight is 584 g/mol. The van der Waals surface area contributed by atoms with Crippen molar-refractivity contribution in [2.24, 2.45) is 22.2 Å². The number of amides is 3. The van der Waals surface area contributed by atoms with Gasteiger partial charge in [-0.2, -0.15) is 0 Å². The molecule has 42 heavy (non-hydrogen) atoms. The minimum atomic E-state index is -1.64. The Morgan fingerprint density at radius 1 is 0.714 bits per heavy atom. The molecule has 4 atom stereocenters. The van der Waals surface area contributed by atoms with Crippen LogP contribution in [0.25, 0.3) is 0 Å². The molecule has 0 saturated heterocycles. The molecule has 0 saturated carbocycles. The molecule has 0 aliphatic heterocycles. The lowest BCUT2D eigenvalue weighted by Crippen LogP contribution is -2.57. The first-order valence-electron chi connectivity index (χ1n) is 13.2. The third-order valence-corrected chi connectivity index (χ3v) is 6.12. The van der Waals surface area contributed by atoms with Gasteiger partial charge < -0.3 is 43.4 Å². The van der Waals surface area contributed by atoms with E-state index in [0.29, 0.717) is 5.56 Å². The molecule has 2 aromatic rings. The number of carboxylic acids is 2. The zero-order chi connectivity index (χ0) is 31.1. The number of carboxylic acid groups (broad SMARTS) is 2. The van der Waals surface area contributed by atoms with Gasteiger partial charge in [0, 0.05) is 13.0 Å². The summed E-state index contributed by atoms with van der Waals surface area (Å²) in [5.41, 5.74) is 18.2. The minimum absolute atomic E-state index is 0.0274. The van der Waals surface area contributed by atoms with E-state index in [1.165, 1.54) is 0 Å². The number of hydrogen-bond donors (Lipinski definition) is 8. The van der Waals surface area contributed by atoms with Gasteiger partial charge in [-0.3, -0.25) is 24.2 Å². The zero-order valence-corrected chi connectivity index (χ0v) is 22.9. The highest BCUT2D eigenvalue weighted by Crippen LogP contribution is 2.07. The van der Waals surface area contributed by atoms with Gasteiger partial charge in [-0.15, -0.1) is 0 Å². The Hall–Kier alpha value is -4.98. The monoisotopic (exact) mass is 583 g/mol. The highest BCUT2D eigenvalue weighted by Gasteiger charge is 2.31. The van der Waals surface area contributed by atoms with Crippen LogP contribution in [-0.2, 0) is 36.8 Å². The normalized spacial score (nSPS) is 13.5. The molecule has 4 unspecified atom stereocenters. The first-order valence-corrected chi connectivity index (χ1v) is 13.2. The van der Waals surface area contributed by atoms with Crippen molar-refractivity contribution in [2.45, 2.75) is 56.3 Å². The molecule has 14 nitrogen and oxygen atoms in total. The summed E-state index contributed by atoms with van der Waals surface area (Å²) < 4.78 is 0. The second-order valence-electron chi connectivity index (χ2n) is 9.55. The molecule has 226 valence electrons. The Bertz CT molecular complexity index is 1240. The van der Waals surface area contributed by atoms with Gasteiger partial charge in [-0.05, 0) is 30.4 Å². The third-order valence-electron chi connectivity index (χ3n) is 6.12. The van der Waals surface area contributed by atoms with Crippen LogP contribution in [0.15, 0.2) is 65.7 Å². The summed E-state index contributed by atoms with van der Waals surface area (Å²) in [4.78, 5) is 66.3. The van der Waals surface area contributed by atoms with Gasteiger partial charge in [0.1, 0.15) is 18.1 Å². The number of carbonyl (C=O) groups is 5. The topological polar surface area (TPSA) is 252 Å². The molecule has 11 N–H and O–H groups in total. The van der Waals surface area contributed by atoms with E-state index in [1.54, 1.807) is 54.6 Å². The molecule has 0 bridgehead atoms. The van der Waals surface area contributed by atoms with E-state index in [4.69, 9.17) is 17.2 Å². The first-order chi connectivity index (χ1) is 20.0. The van der Waals surface area contributed by atoms with Crippen LogP contribution < -0.4 is 33.2 Å². The molecule has 0 heterocycles. The molecule has 0 aliphatic carbocycles. The highest BCUT2D eigenvalue weighted by molar-refractivity contribution is 5.95. The Morgan fingerprint density at radius 2 is 1.21 bits per heavy atom. The quantitative estimate of drug-likeness (QED) is 0.0631. The van der Waals surface area contributed by atoms with Gasteiger partial charge in [0.2, 0.25) is 17.7 Å². The van der Waals surface area contributed by atoms with Gasteiger partial charge >= 0.3 is 11.9 Å². The number of guanidine groups is 1. The van der Waals surface area contributed by atoms with E-state index in [1.807, 2.05) is 6.07 Å². The van der Waals surface area contributed by atoms with Crippen molar-refractivity contribution in [1.82, 2.24) is 16.0 Å². The van der Waals surface area contributed by atoms with E-state index in [-0.39, 0.29) is 38.2 Å². The summed E-state index contributed by atoms with van der Waals surface area (Å²) in [6.07, 6.45) is -0.440. The second kappa shape index (κ2) is 17.0. The molecule has 0 radical (unpaired) electrons. The Kier molecular flexibility index (Phi) is 13.4. The lowest BCUT2D eigenvalue weighted by Gasteiger charge is -2.24. The molecule has 0 spiro atoms. The number of rotatable bonds is 17. The van der Waals surface area contributed by atoms with E-state index < -0.39 is 60.2 Å². The van der Waals surface area contributed by atoms with Crippen molar-refractivity contribution in [2.75, 3.05) is 6.54 Å². The molecule has 0 aliphatic rings. The highest BCUT2D eigenvalue weighted by atomic mass is 16.4. The third kappa shape index (κ3) is 12.0. The predicted octanol–water partition coefficient (Wildman–Crippen LogP) is -1.13. The molecule has 14 heteroatoms. The van der Waals surface area contributed by atoms with E-state index in [0.717, 1.165) is 5.56 Å². The van der Waals surface area contributed by atoms with Crippen LogP contribution in [0, 0.1) is 0 Å². The zero-order valence-electron chi connectivity index (χ0n) is 22.9. The number of nitrogens with one attached hydrogen (secondary N) is 3. The molecular weight excluding hydrogens is 546 g/mol. The van der Waals surface area contributed by atoms with Crippen LogP contribution in [0.5, 0.6) is 0 Å². The van der Waals surface area contributed by atoms with E-state index in [2.05, 4.69) is 20.9 Å². The minimum Gasteiger partial charge on any atom is -0.481 e. The standard InChI is InChI=1S/C28H37N7O7/c29-19(14-17-8-3-1-4-9-17)24(38)33-20(12-7-13-32-28(30)31)25(39)34-21(16-23(36)37)26(40)35-22(27(41)42)15-18-10-5-2-6-11-18/h1-6,8-11,19-22H,7,12-16,29H2,(H,33,38)(H,34,39)(H,35,40)(H,36,37)(H,41,42)(H4,30,31,32). The fraction of sp³-hybridized carbons (Fsp3) is 0.357. The van der Waals surface area contributed by atoms with Crippen LogP contribution in [0.4, 0.5) is 0 Å². The van der Waals surface area contributed by atoms with Gasteiger partial charge in [0.15, 0.2) is 5.96 Å². The van der Waals surface area contributed by atoms with Crippen molar-refractivity contribution in [3.63, 3.8) is 0 Å². The van der Waals surface area contributed by atoms with Crippen LogP contribution in [0.2, 0.25) is 0 Å². The lowest BCUT2D eigenvalue weighted by atomic mass is 10.0.